The Morgan fingerprint density at radius 2 is 2.21 bits per heavy atom. The fraction of sp³-hybridized carbons (Fsp3) is 0.533. The molecule has 3 N–H and O–H groups in total. The molecule has 0 bridgehead atoms. The molecule has 0 radical (unpaired) electrons. The average Bonchev–Trinajstić information content (AvgIpc) is 3.20. The molecule has 3 atom stereocenters. The van der Waals surface area contributed by atoms with Crippen molar-refractivity contribution in [3.05, 3.63) is 35.9 Å². The largest absolute Gasteiger partial charge is 0.383 e. The minimum atomic E-state index is -0.00516. The number of ether oxygens (including phenoxy) is 1. The van der Waals surface area contributed by atoms with E-state index in [0.717, 1.165) is 12.8 Å². The number of nitrogens with one attached hydrogen (secondary N) is 1. The van der Waals surface area contributed by atoms with E-state index in [-0.39, 0.29) is 17.9 Å². The van der Waals surface area contributed by atoms with Gasteiger partial charge in [0.05, 0.1) is 6.61 Å². The quantitative estimate of drug-likeness (QED) is 0.778. The molecule has 1 aliphatic carbocycles. The zero-order chi connectivity index (χ0) is 13.7. The molecule has 1 aromatic carbocycles. The number of hydrogen-bond donors (Lipinski definition) is 2. The summed E-state index contributed by atoms with van der Waals surface area (Å²) in [5.74, 6) is 0.688. The van der Waals surface area contributed by atoms with Gasteiger partial charge < -0.3 is 15.8 Å². The lowest BCUT2D eigenvalue weighted by molar-refractivity contribution is -0.122. The maximum atomic E-state index is 11.9. The normalized spacial score (nSPS) is 22.8. The van der Waals surface area contributed by atoms with Crippen LogP contribution in [0.5, 0.6) is 0 Å². The Labute approximate surface area is 114 Å². The van der Waals surface area contributed by atoms with Crippen LogP contribution in [0.25, 0.3) is 0 Å². The molecule has 0 heterocycles. The van der Waals surface area contributed by atoms with E-state index < -0.39 is 0 Å². The summed E-state index contributed by atoms with van der Waals surface area (Å²) in [4.78, 5) is 11.9. The van der Waals surface area contributed by atoms with E-state index >= 15 is 0 Å². The minimum Gasteiger partial charge on any atom is -0.383 e. The first-order valence-corrected chi connectivity index (χ1v) is 6.79. The first-order valence-electron chi connectivity index (χ1n) is 6.79. The summed E-state index contributed by atoms with van der Waals surface area (Å²) in [6.07, 6.45) is 1.71. The van der Waals surface area contributed by atoms with Crippen LogP contribution >= 0.6 is 0 Å². The second-order valence-corrected chi connectivity index (χ2v) is 5.15. The molecule has 0 aromatic heterocycles. The average molecular weight is 262 g/mol. The Morgan fingerprint density at radius 3 is 2.89 bits per heavy atom. The van der Waals surface area contributed by atoms with Gasteiger partial charge in [-0.1, -0.05) is 30.3 Å². The molecule has 1 aromatic rings. The number of nitrogens with two attached hydrogens (primary N) is 1. The van der Waals surface area contributed by atoms with Crippen LogP contribution in [-0.2, 0) is 9.53 Å². The van der Waals surface area contributed by atoms with E-state index in [1.165, 1.54) is 5.56 Å². The van der Waals surface area contributed by atoms with Crippen molar-refractivity contribution in [3.63, 3.8) is 0 Å². The molecule has 1 amide bonds. The molecule has 1 aliphatic rings. The molecule has 3 unspecified atom stereocenters. The van der Waals surface area contributed by atoms with Crippen molar-refractivity contribution in [1.29, 1.82) is 0 Å². The zero-order valence-electron chi connectivity index (χ0n) is 11.3. The van der Waals surface area contributed by atoms with Gasteiger partial charge in [-0.25, -0.2) is 0 Å². The SMILES string of the molecule is COCC(N)CCNC(=O)C1CC1c1ccccc1. The second-order valence-electron chi connectivity index (χ2n) is 5.15. The monoisotopic (exact) mass is 262 g/mol. The fourth-order valence-electron chi connectivity index (χ4n) is 2.36. The van der Waals surface area contributed by atoms with Gasteiger partial charge in [0.1, 0.15) is 0 Å². The third-order valence-electron chi connectivity index (χ3n) is 3.55. The van der Waals surface area contributed by atoms with Gasteiger partial charge in [-0.3, -0.25) is 4.79 Å². The van der Waals surface area contributed by atoms with Gasteiger partial charge in [-0.15, -0.1) is 0 Å². The van der Waals surface area contributed by atoms with Gasteiger partial charge >= 0.3 is 0 Å². The van der Waals surface area contributed by atoms with Crippen molar-refractivity contribution >= 4 is 5.91 Å². The number of rotatable bonds is 7. The summed E-state index contributed by atoms with van der Waals surface area (Å²) in [6.45, 7) is 1.16. The predicted molar refractivity (Wildman–Crippen MR) is 74.8 cm³/mol. The maximum absolute atomic E-state index is 11.9. The number of carbonyl (C=O) groups excluding carboxylic acids is 1. The molecular weight excluding hydrogens is 240 g/mol. The van der Waals surface area contributed by atoms with Gasteiger partial charge in [0, 0.05) is 25.6 Å². The summed E-state index contributed by atoms with van der Waals surface area (Å²) >= 11 is 0. The molecule has 4 nitrogen and oxygen atoms in total. The maximum Gasteiger partial charge on any atom is 0.223 e. The summed E-state index contributed by atoms with van der Waals surface area (Å²) in [7, 11) is 1.63. The van der Waals surface area contributed by atoms with E-state index in [0.29, 0.717) is 19.1 Å². The van der Waals surface area contributed by atoms with E-state index in [9.17, 15) is 4.79 Å². The highest BCUT2D eigenvalue weighted by molar-refractivity contribution is 5.82. The number of methoxy groups -OCH3 is 1. The van der Waals surface area contributed by atoms with Crippen molar-refractivity contribution in [2.24, 2.45) is 11.7 Å². The second kappa shape index (κ2) is 6.68. The number of amides is 1. The van der Waals surface area contributed by atoms with Crippen molar-refractivity contribution < 1.29 is 9.53 Å². The van der Waals surface area contributed by atoms with Crippen LogP contribution in [0.4, 0.5) is 0 Å². The van der Waals surface area contributed by atoms with Crippen LogP contribution in [0.2, 0.25) is 0 Å². The summed E-state index contributed by atoms with van der Waals surface area (Å²) in [5.41, 5.74) is 7.07. The highest BCUT2D eigenvalue weighted by atomic mass is 16.5. The number of hydrogen-bond acceptors (Lipinski definition) is 3. The van der Waals surface area contributed by atoms with E-state index in [1.807, 2.05) is 18.2 Å². The third-order valence-corrected chi connectivity index (χ3v) is 3.55. The van der Waals surface area contributed by atoms with Gasteiger partial charge in [-0.2, -0.15) is 0 Å². The zero-order valence-corrected chi connectivity index (χ0v) is 11.3. The van der Waals surface area contributed by atoms with E-state index in [2.05, 4.69) is 17.4 Å². The van der Waals surface area contributed by atoms with Crippen molar-refractivity contribution in [1.82, 2.24) is 5.32 Å². The Morgan fingerprint density at radius 1 is 1.47 bits per heavy atom. The standard InChI is InChI=1S/C15H22N2O2/c1-19-10-12(16)7-8-17-15(18)14-9-13(14)11-5-3-2-4-6-11/h2-6,12-14H,7-10,16H2,1H3,(H,17,18). The molecule has 4 heteroatoms. The Hall–Kier alpha value is -1.39. The predicted octanol–water partition coefficient (Wildman–Crippen LogP) is 1.27. The fourth-order valence-corrected chi connectivity index (χ4v) is 2.36. The Bertz CT molecular complexity index is 408. The molecule has 2 rings (SSSR count). The van der Waals surface area contributed by atoms with Crippen LogP contribution in [0.3, 0.4) is 0 Å². The lowest BCUT2D eigenvalue weighted by Crippen LogP contribution is -2.33. The van der Waals surface area contributed by atoms with Crippen LogP contribution in [-0.4, -0.2) is 32.2 Å². The Kier molecular flexibility index (Phi) is 4.93. The third kappa shape index (κ3) is 4.04. The highest BCUT2D eigenvalue weighted by Crippen LogP contribution is 2.47. The van der Waals surface area contributed by atoms with Gasteiger partial charge in [0.25, 0.3) is 0 Å². The lowest BCUT2D eigenvalue weighted by Gasteiger charge is -2.10. The molecule has 1 fully saturated rings. The van der Waals surface area contributed by atoms with Gasteiger partial charge in [0.2, 0.25) is 5.91 Å². The molecular formula is C15H22N2O2. The van der Waals surface area contributed by atoms with Crippen molar-refractivity contribution in [3.8, 4) is 0 Å². The molecule has 0 saturated heterocycles. The van der Waals surface area contributed by atoms with Gasteiger partial charge in [-0.05, 0) is 24.3 Å². The minimum absolute atomic E-state index is 0.00516. The van der Waals surface area contributed by atoms with Crippen LogP contribution in [0, 0.1) is 5.92 Å². The van der Waals surface area contributed by atoms with E-state index in [1.54, 1.807) is 7.11 Å². The number of benzene rings is 1. The van der Waals surface area contributed by atoms with Crippen LogP contribution in [0.15, 0.2) is 30.3 Å². The molecule has 104 valence electrons. The summed E-state index contributed by atoms with van der Waals surface area (Å²) < 4.78 is 4.96. The molecule has 0 aliphatic heterocycles. The summed E-state index contributed by atoms with van der Waals surface area (Å²) in [5, 5.41) is 2.96. The first-order chi connectivity index (χ1) is 9.22. The number of carbonyl (C=O) groups is 1. The van der Waals surface area contributed by atoms with Crippen LogP contribution in [0.1, 0.15) is 24.3 Å². The molecule has 19 heavy (non-hydrogen) atoms. The van der Waals surface area contributed by atoms with Crippen molar-refractivity contribution in [2.45, 2.75) is 24.8 Å². The Balaban J connectivity index is 1.69. The molecule has 1 saturated carbocycles. The summed E-state index contributed by atoms with van der Waals surface area (Å²) in [6, 6.07) is 10.2. The smallest absolute Gasteiger partial charge is 0.223 e. The van der Waals surface area contributed by atoms with E-state index in [4.69, 9.17) is 10.5 Å². The first kappa shape index (κ1) is 14.0. The van der Waals surface area contributed by atoms with Crippen molar-refractivity contribution in [2.75, 3.05) is 20.3 Å². The van der Waals surface area contributed by atoms with Gasteiger partial charge in [0.15, 0.2) is 0 Å². The molecule has 0 spiro atoms. The highest BCUT2D eigenvalue weighted by Gasteiger charge is 2.43. The van der Waals surface area contributed by atoms with Crippen LogP contribution < -0.4 is 11.1 Å². The lowest BCUT2D eigenvalue weighted by atomic mass is 10.1. The topological polar surface area (TPSA) is 64.3 Å².